The SMILES string of the molecule is CC(=O)O[C@H]1CC[C@@]2(C)C(=CC[C@H]3[C@@H]4CC[C@H](OC(=O)n5ccnc5C)[C@@]4(C)CC[C@@H]32)C1. The first-order chi connectivity index (χ1) is 15.2. The normalized spacial score (nSPS) is 40.5. The fourth-order valence-corrected chi connectivity index (χ4v) is 7.86. The lowest BCUT2D eigenvalue weighted by Gasteiger charge is -2.57. The molecule has 3 fully saturated rings. The van der Waals surface area contributed by atoms with Gasteiger partial charge in [-0.1, -0.05) is 25.5 Å². The number of carbonyl (C=O) groups is 2. The molecule has 4 aliphatic carbocycles. The molecule has 7 atom stereocenters. The van der Waals surface area contributed by atoms with Gasteiger partial charge in [0.05, 0.1) is 0 Å². The number of aromatic nitrogens is 2. The lowest BCUT2D eigenvalue weighted by Crippen LogP contribution is -2.51. The van der Waals surface area contributed by atoms with E-state index in [-0.39, 0.29) is 35.1 Å². The first-order valence-corrected chi connectivity index (χ1v) is 12.3. The molecule has 4 aliphatic rings. The van der Waals surface area contributed by atoms with Gasteiger partial charge in [-0.2, -0.15) is 0 Å². The number of imidazole rings is 1. The highest BCUT2D eigenvalue weighted by molar-refractivity contribution is 5.71. The summed E-state index contributed by atoms with van der Waals surface area (Å²) in [5.74, 6) is 2.40. The maximum atomic E-state index is 12.8. The van der Waals surface area contributed by atoms with Crippen LogP contribution in [0.25, 0.3) is 0 Å². The Labute approximate surface area is 190 Å². The largest absolute Gasteiger partial charge is 0.462 e. The van der Waals surface area contributed by atoms with Gasteiger partial charge in [0.25, 0.3) is 0 Å². The fraction of sp³-hybridized carbons (Fsp3) is 0.731. The number of fused-ring (bicyclic) bond motifs is 5. The number of carbonyl (C=O) groups excluding carboxylic acids is 2. The second-order valence-electron chi connectivity index (χ2n) is 11.1. The number of ether oxygens (including phenoxy) is 2. The van der Waals surface area contributed by atoms with Crippen molar-refractivity contribution in [1.29, 1.82) is 0 Å². The Kier molecular flexibility index (Phi) is 5.25. The molecule has 0 N–H and O–H groups in total. The van der Waals surface area contributed by atoms with Crippen molar-refractivity contribution < 1.29 is 19.1 Å². The number of esters is 1. The van der Waals surface area contributed by atoms with Gasteiger partial charge in [0.15, 0.2) is 0 Å². The molecule has 5 rings (SSSR count). The third-order valence-electron chi connectivity index (χ3n) is 9.57. The summed E-state index contributed by atoms with van der Waals surface area (Å²) in [4.78, 5) is 28.4. The van der Waals surface area contributed by atoms with Crippen molar-refractivity contribution in [3.63, 3.8) is 0 Å². The summed E-state index contributed by atoms with van der Waals surface area (Å²) in [6, 6.07) is 0. The zero-order valence-corrected chi connectivity index (χ0v) is 19.8. The van der Waals surface area contributed by atoms with Crippen LogP contribution in [0.3, 0.4) is 0 Å². The van der Waals surface area contributed by atoms with E-state index in [1.54, 1.807) is 12.4 Å². The smallest absolute Gasteiger partial charge is 0.419 e. The highest BCUT2D eigenvalue weighted by Crippen LogP contribution is 2.65. The number of allylic oxidation sites excluding steroid dienone is 1. The van der Waals surface area contributed by atoms with E-state index in [2.05, 4.69) is 24.9 Å². The highest BCUT2D eigenvalue weighted by atomic mass is 16.6. The Morgan fingerprint density at radius 2 is 1.91 bits per heavy atom. The molecular formula is C26H36N2O4. The third-order valence-corrected chi connectivity index (χ3v) is 9.57. The number of aryl methyl sites for hydroxylation is 1. The summed E-state index contributed by atoms with van der Waals surface area (Å²) in [6.07, 6.45) is 13.9. The van der Waals surface area contributed by atoms with Crippen LogP contribution >= 0.6 is 0 Å². The number of hydrogen-bond acceptors (Lipinski definition) is 5. The fourth-order valence-electron chi connectivity index (χ4n) is 7.86. The van der Waals surface area contributed by atoms with Crippen LogP contribution in [0.5, 0.6) is 0 Å². The average Bonchev–Trinajstić information content (AvgIpc) is 3.31. The van der Waals surface area contributed by atoms with E-state index in [1.165, 1.54) is 23.5 Å². The molecule has 6 nitrogen and oxygen atoms in total. The first kappa shape index (κ1) is 21.7. The summed E-state index contributed by atoms with van der Waals surface area (Å²) >= 11 is 0. The minimum absolute atomic E-state index is 0.0272. The Bertz CT molecular complexity index is 951. The van der Waals surface area contributed by atoms with Crippen molar-refractivity contribution >= 4 is 12.1 Å². The maximum Gasteiger partial charge on any atom is 0.419 e. The van der Waals surface area contributed by atoms with Crippen molar-refractivity contribution in [3.8, 4) is 0 Å². The summed E-state index contributed by atoms with van der Waals surface area (Å²) in [6.45, 7) is 8.16. The minimum Gasteiger partial charge on any atom is -0.462 e. The Morgan fingerprint density at radius 1 is 1.09 bits per heavy atom. The van der Waals surface area contributed by atoms with Gasteiger partial charge in [-0.25, -0.2) is 14.3 Å². The molecule has 0 aliphatic heterocycles. The molecule has 0 amide bonds. The topological polar surface area (TPSA) is 70.4 Å². The summed E-state index contributed by atoms with van der Waals surface area (Å²) in [5, 5.41) is 0. The van der Waals surface area contributed by atoms with E-state index >= 15 is 0 Å². The standard InChI is InChI=1S/C26H36N2O4/c1-16-27-13-14-28(16)24(30)32-23-8-7-21-20-6-5-18-15-19(31-17(2)29)9-11-25(18,3)22(20)10-12-26(21,23)4/h5,13-14,19-23H,6-12,15H2,1-4H3/t19-,20-,21-,22-,23-,25-,26-/m0/s1. The predicted octanol–water partition coefficient (Wildman–Crippen LogP) is 5.44. The second kappa shape index (κ2) is 7.74. The average molecular weight is 441 g/mol. The third kappa shape index (κ3) is 3.32. The van der Waals surface area contributed by atoms with Crippen LogP contribution in [0.1, 0.15) is 78.0 Å². The molecule has 0 spiro atoms. The lowest BCUT2D eigenvalue weighted by molar-refractivity contribution is -0.148. The quantitative estimate of drug-likeness (QED) is 0.452. The summed E-state index contributed by atoms with van der Waals surface area (Å²) in [7, 11) is 0. The molecule has 3 saturated carbocycles. The first-order valence-electron chi connectivity index (χ1n) is 12.3. The van der Waals surface area contributed by atoms with Crippen molar-refractivity contribution in [2.45, 2.75) is 91.3 Å². The van der Waals surface area contributed by atoms with E-state index in [0.29, 0.717) is 23.6 Å². The maximum absolute atomic E-state index is 12.8. The molecule has 0 radical (unpaired) electrons. The van der Waals surface area contributed by atoms with Gasteiger partial charge in [-0.3, -0.25) is 4.79 Å². The van der Waals surface area contributed by atoms with Crippen LogP contribution in [-0.2, 0) is 14.3 Å². The zero-order chi connectivity index (χ0) is 22.7. The summed E-state index contributed by atoms with van der Waals surface area (Å²) in [5.41, 5.74) is 1.77. The van der Waals surface area contributed by atoms with E-state index in [1.807, 2.05) is 6.92 Å². The molecule has 174 valence electrons. The second-order valence-corrected chi connectivity index (χ2v) is 11.1. The molecule has 1 aromatic rings. The van der Waals surface area contributed by atoms with Crippen molar-refractivity contribution in [1.82, 2.24) is 9.55 Å². The van der Waals surface area contributed by atoms with E-state index in [4.69, 9.17) is 9.47 Å². The van der Waals surface area contributed by atoms with E-state index < -0.39 is 0 Å². The number of rotatable bonds is 2. The van der Waals surface area contributed by atoms with Crippen LogP contribution in [0.15, 0.2) is 24.0 Å². The highest BCUT2D eigenvalue weighted by Gasteiger charge is 2.59. The van der Waals surface area contributed by atoms with Crippen LogP contribution in [0.2, 0.25) is 0 Å². The number of nitrogens with zero attached hydrogens (tertiary/aromatic N) is 2. The van der Waals surface area contributed by atoms with Crippen molar-refractivity contribution in [3.05, 3.63) is 29.9 Å². The molecule has 0 unspecified atom stereocenters. The van der Waals surface area contributed by atoms with E-state index in [0.717, 1.165) is 44.9 Å². The molecule has 1 aromatic heterocycles. The van der Waals surface area contributed by atoms with Crippen LogP contribution in [0, 0.1) is 35.5 Å². The monoisotopic (exact) mass is 440 g/mol. The van der Waals surface area contributed by atoms with Gasteiger partial charge >= 0.3 is 12.1 Å². The molecule has 0 saturated heterocycles. The molecule has 1 heterocycles. The van der Waals surface area contributed by atoms with Gasteiger partial charge in [0.1, 0.15) is 18.0 Å². The molecule has 0 bridgehead atoms. The predicted molar refractivity (Wildman–Crippen MR) is 120 cm³/mol. The van der Waals surface area contributed by atoms with Crippen molar-refractivity contribution in [2.75, 3.05) is 0 Å². The lowest BCUT2D eigenvalue weighted by atomic mass is 9.48. The van der Waals surface area contributed by atoms with E-state index in [9.17, 15) is 9.59 Å². The van der Waals surface area contributed by atoms with Gasteiger partial charge in [-0.15, -0.1) is 0 Å². The summed E-state index contributed by atoms with van der Waals surface area (Å²) < 4.78 is 13.2. The van der Waals surface area contributed by atoms with Crippen LogP contribution in [-0.4, -0.2) is 33.8 Å². The van der Waals surface area contributed by atoms with Gasteiger partial charge in [-0.05, 0) is 75.0 Å². The zero-order valence-electron chi connectivity index (χ0n) is 19.8. The molecule has 0 aromatic carbocycles. The minimum atomic E-state index is -0.296. The van der Waals surface area contributed by atoms with Crippen molar-refractivity contribution in [2.24, 2.45) is 28.6 Å². The van der Waals surface area contributed by atoms with Gasteiger partial charge in [0, 0.05) is 31.2 Å². The van der Waals surface area contributed by atoms with Gasteiger partial charge < -0.3 is 9.47 Å². The molecule has 32 heavy (non-hydrogen) atoms. The van der Waals surface area contributed by atoms with Gasteiger partial charge in [0.2, 0.25) is 0 Å². The van der Waals surface area contributed by atoms with Crippen LogP contribution in [0.4, 0.5) is 4.79 Å². The van der Waals surface area contributed by atoms with Crippen LogP contribution < -0.4 is 0 Å². The Balaban J connectivity index is 1.33. The Morgan fingerprint density at radius 3 is 2.62 bits per heavy atom. The molecule has 6 heteroatoms. The number of hydrogen-bond donors (Lipinski definition) is 0. The molecular weight excluding hydrogens is 404 g/mol. The Hall–Kier alpha value is -2.11.